The van der Waals surface area contributed by atoms with Crippen LogP contribution in [0.25, 0.3) is 5.32 Å². The van der Waals surface area contributed by atoms with Crippen LogP contribution in [0.15, 0.2) is 0 Å². The Labute approximate surface area is 237 Å². The number of aliphatic hydroxyl groups excluding tert-OH is 1. The maximum absolute atomic E-state index is 8.75. The summed E-state index contributed by atoms with van der Waals surface area (Å²) in [5, 5.41) is 13.4. The first-order valence-corrected chi connectivity index (χ1v) is 14.0. The van der Waals surface area contributed by atoms with Gasteiger partial charge < -0.3 is 35.2 Å². The van der Waals surface area contributed by atoms with E-state index in [-0.39, 0.29) is 46.5 Å². The second-order valence-corrected chi connectivity index (χ2v) is 9.22. The van der Waals surface area contributed by atoms with Gasteiger partial charge in [0.15, 0.2) is 0 Å². The van der Waals surface area contributed by atoms with E-state index < -0.39 is 0 Å². The Balaban J connectivity index is -0.000000187. The van der Waals surface area contributed by atoms with Crippen LogP contribution in [0, 0.1) is 5.92 Å². The molecule has 0 heterocycles. The summed E-state index contributed by atoms with van der Waals surface area (Å²) >= 11 is 0. The fourth-order valence-electron chi connectivity index (χ4n) is 3.74. The predicted octanol–water partition coefficient (Wildman–Crippen LogP) is 3.84. The fourth-order valence-corrected chi connectivity index (χ4v) is 3.74. The molecule has 1 radical (unpaired) electrons. The molecule has 1 unspecified atom stereocenters. The van der Waals surface area contributed by atoms with Gasteiger partial charge in [0.1, 0.15) is 0 Å². The molecule has 1 atom stereocenters. The fraction of sp³-hybridized carbons (Fsp3) is 1.00. The van der Waals surface area contributed by atoms with Crippen LogP contribution >= 0.6 is 0 Å². The van der Waals surface area contributed by atoms with Gasteiger partial charge in [0.2, 0.25) is 0 Å². The molecular weight excluding hydrogens is 485 g/mol. The Hall–Kier alpha value is 1.21. The Kier molecular flexibility index (Phi) is 58.0. The molecule has 0 aliphatic carbocycles. The van der Waals surface area contributed by atoms with Crippen molar-refractivity contribution in [3.8, 4) is 0 Å². The Bertz CT molecular complexity index is 265. The van der Waals surface area contributed by atoms with Crippen LogP contribution in [0.5, 0.6) is 0 Å². The van der Waals surface area contributed by atoms with Crippen molar-refractivity contribution in [2.24, 2.45) is 5.92 Å². The molecule has 5 heteroatoms. The number of unbranched alkanes of at least 4 members (excludes halogenated alkanes) is 15. The summed E-state index contributed by atoms with van der Waals surface area (Å²) < 4.78 is 0. The van der Waals surface area contributed by atoms with Crippen LogP contribution in [0.4, 0.5) is 0 Å². The average molecular weight is 546 g/mol. The van der Waals surface area contributed by atoms with Crippen molar-refractivity contribution in [1.29, 1.82) is 0 Å². The average Bonchev–Trinajstić information content (AvgIpc) is 2.77. The number of aliphatic hydroxyl groups is 1. The molecule has 1 N–H and O–H groups in total. The molecule has 0 aliphatic rings. The van der Waals surface area contributed by atoms with Gasteiger partial charge in [-0.15, -0.1) is 13.1 Å². The van der Waals surface area contributed by atoms with E-state index in [1.54, 1.807) is 0 Å². The largest absolute Gasteiger partial charge is 3.00 e. The van der Waals surface area contributed by atoms with Gasteiger partial charge in [0, 0.05) is 6.61 Å². The van der Waals surface area contributed by atoms with Gasteiger partial charge in [0.05, 0.1) is 0 Å². The molecule has 0 aromatic heterocycles. The maximum Gasteiger partial charge on any atom is 3.00 e. The van der Waals surface area contributed by atoms with E-state index in [2.05, 4.69) is 33.0 Å². The van der Waals surface area contributed by atoms with Gasteiger partial charge in [-0.25, -0.2) is 0 Å². The first-order valence-electron chi connectivity index (χ1n) is 14.0. The standard InChI is InChI=1S/C20H42N.C8H18O.2ClH.Ti/c1-3-5-7-9-11-13-15-17-19-21-20-18-16-14-12-10-8-6-4-2;1-3-5-6-8(4-2)7-9;;;/h3-20H2,1-2H3;8-9H,3-7H2,1-2H3;2*1H;/q-1;;;;+3/p-2. The second kappa shape index (κ2) is 43.3. The summed E-state index contributed by atoms with van der Waals surface area (Å²) in [5.74, 6) is 0.560. The van der Waals surface area contributed by atoms with Crippen molar-refractivity contribution in [2.75, 3.05) is 19.7 Å². The van der Waals surface area contributed by atoms with E-state index in [1.165, 1.54) is 122 Å². The number of nitrogens with zero attached hydrogens (tertiary/aromatic N) is 1. The number of hydrogen-bond donors (Lipinski definition) is 1. The minimum Gasteiger partial charge on any atom is -1.00 e. The van der Waals surface area contributed by atoms with Gasteiger partial charge in [-0.2, -0.15) is 0 Å². The quantitative estimate of drug-likeness (QED) is 0.154. The van der Waals surface area contributed by atoms with Crippen LogP contribution in [0.3, 0.4) is 0 Å². The summed E-state index contributed by atoms with van der Waals surface area (Å²) in [6.45, 7) is 11.5. The van der Waals surface area contributed by atoms with Crippen molar-refractivity contribution >= 4 is 0 Å². The predicted molar refractivity (Wildman–Crippen MR) is 139 cm³/mol. The SMILES string of the molecule is CCCCC(CC)CO.CCCCCCCCCC[N-]CCCCCCCCCC.[Cl-].[Cl-].[Ti+3]. The maximum atomic E-state index is 8.75. The molecule has 0 aromatic carbocycles. The van der Waals surface area contributed by atoms with E-state index in [1.807, 2.05) is 0 Å². The molecule has 0 bridgehead atoms. The van der Waals surface area contributed by atoms with E-state index >= 15 is 0 Å². The number of halogens is 2. The first kappa shape index (κ1) is 44.2. The van der Waals surface area contributed by atoms with Crippen LogP contribution in [-0.2, 0) is 21.7 Å². The third-order valence-corrected chi connectivity index (χ3v) is 6.14. The number of rotatable bonds is 23. The van der Waals surface area contributed by atoms with E-state index in [0.717, 1.165) is 19.5 Å². The second-order valence-electron chi connectivity index (χ2n) is 9.22. The summed E-state index contributed by atoms with van der Waals surface area (Å²) in [6, 6.07) is 0. The zero-order chi connectivity index (χ0) is 22.5. The van der Waals surface area contributed by atoms with Gasteiger partial charge in [-0.1, -0.05) is 150 Å². The Morgan fingerprint density at radius 3 is 1.15 bits per heavy atom. The van der Waals surface area contributed by atoms with Crippen LogP contribution in [-0.4, -0.2) is 24.8 Å². The molecule has 0 spiro atoms. The summed E-state index contributed by atoms with van der Waals surface area (Å²) in [7, 11) is 0. The van der Waals surface area contributed by atoms with E-state index in [0.29, 0.717) is 12.5 Å². The zero-order valence-electron chi connectivity index (χ0n) is 23.0. The Morgan fingerprint density at radius 1 is 0.515 bits per heavy atom. The van der Waals surface area contributed by atoms with Crippen molar-refractivity contribution in [1.82, 2.24) is 0 Å². The molecule has 0 saturated carbocycles. The number of hydrogen-bond acceptors (Lipinski definition) is 1. The normalized spacial score (nSPS) is 10.8. The zero-order valence-corrected chi connectivity index (χ0v) is 26.1. The molecule has 201 valence electrons. The minimum absolute atomic E-state index is 0. The van der Waals surface area contributed by atoms with Crippen molar-refractivity contribution < 1.29 is 51.6 Å². The van der Waals surface area contributed by atoms with Gasteiger partial charge >= 0.3 is 21.7 Å². The Morgan fingerprint density at radius 2 is 0.848 bits per heavy atom. The van der Waals surface area contributed by atoms with E-state index in [9.17, 15) is 0 Å². The van der Waals surface area contributed by atoms with Crippen molar-refractivity contribution in [3.63, 3.8) is 0 Å². The molecule has 33 heavy (non-hydrogen) atoms. The molecular formula is C28H60Cl2NOTi. The molecule has 0 amide bonds. The van der Waals surface area contributed by atoms with Crippen molar-refractivity contribution in [3.05, 3.63) is 5.32 Å². The smallest absolute Gasteiger partial charge is 1.00 e. The monoisotopic (exact) mass is 544 g/mol. The molecule has 0 saturated heterocycles. The van der Waals surface area contributed by atoms with Crippen molar-refractivity contribution in [2.45, 2.75) is 156 Å². The minimum atomic E-state index is 0. The molecule has 0 rings (SSSR count). The molecule has 0 fully saturated rings. The third-order valence-electron chi connectivity index (χ3n) is 6.14. The molecule has 0 aliphatic heterocycles. The van der Waals surface area contributed by atoms with Gasteiger partial charge in [-0.05, 0) is 12.3 Å². The summed E-state index contributed by atoms with van der Waals surface area (Å²) in [5.41, 5.74) is 0. The first-order chi connectivity index (χ1) is 14.8. The van der Waals surface area contributed by atoms with Crippen LogP contribution < -0.4 is 24.8 Å². The molecule has 2 nitrogen and oxygen atoms in total. The van der Waals surface area contributed by atoms with Gasteiger partial charge in [0.25, 0.3) is 0 Å². The van der Waals surface area contributed by atoms with E-state index in [4.69, 9.17) is 5.11 Å². The van der Waals surface area contributed by atoms with Crippen LogP contribution in [0.1, 0.15) is 156 Å². The molecule has 0 aromatic rings. The topological polar surface area (TPSA) is 34.3 Å². The summed E-state index contributed by atoms with van der Waals surface area (Å²) in [4.78, 5) is 0. The van der Waals surface area contributed by atoms with Crippen LogP contribution in [0.2, 0.25) is 0 Å². The third kappa shape index (κ3) is 43.7. The summed E-state index contributed by atoms with van der Waals surface area (Å²) in [6.07, 6.45) is 27.4. The van der Waals surface area contributed by atoms with Gasteiger partial charge in [-0.3, -0.25) is 0 Å².